The maximum atomic E-state index is 5.15. The SMILES string of the molecule is CC1CCCO1.CCCCCCCCCCCCCCCCCCOC. The molecule has 2 nitrogen and oxygen atoms in total. The third kappa shape index (κ3) is 22.0. The molecule has 0 radical (unpaired) electrons. The molecule has 0 spiro atoms. The van der Waals surface area contributed by atoms with Crippen molar-refractivity contribution < 1.29 is 9.47 Å². The molecule has 26 heavy (non-hydrogen) atoms. The summed E-state index contributed by atoms with van der Waals surface area (Å²) in [5.74, 6) is 0. The van der Waals surface area contributed by atoms with Gasteiger partial charge in [0.1, 0.15) is 0 Å². The highest BCUT2D eigenvalue weighted by Crippen LogP contribution is 2.13. The lowest BCUT2D eigenvalue weighted by molar-refractivity contribution is 0.125. The molecule has 1 rings (SSSR count). The van der Waals surface area contributed by atoms with Crippen molar-refractivity contribution >= 4 is 0 Å². The first kappa shape index (κ1) is 25.9. The maximum absolute atomic E-state index is 5.15. The summed E-state index contributed by atoms with van der Waals surface area (Å²) in [6.45, 7) is 6.34. The first-order chi connectivity index (χ1) is 12.8. The summed E-state index contributed by atoms with van der Waals surface area (Å²) < 4.78 is 10.2. The fourth-order valence-corrected chi connectivity index (χ4v) is 3.53. The predicted molar refractivity (Wildman–Crippen MR) is 116 cm³/mol. The van der Waals surface area contributed by atoms with Crippen molar-refractivity contribution in [3.05, 3.63) is 0 Å². The van der Waals surface area contributed by atoms with Crippen LogP contribution in [0.15, 0.2) is 0 Å². The molecule has 158 valence electrons. The topological polar surface area (TPSA) is 18.5 Å². The van der Waals surface area contributed by atoms with Gasteiger partial charge in [0.05, 0.1) is 6.10 Å². The fourth-order valence-electron chi connectivity index (χ4n) is 3.53. The average Bonchev–Trinajstić information content (AvgIpc) is 3.13. The second-order valence-corrected chi connectivity index (χ2v) is 8.12. The standard InChI is InChI=1S/C19H40O.C5H10O/c1-3-4-5-6-7-8-9-10-11-12-13-14-15-16-17-18-19-20-2;1-5-3-2-4-6-5/h3-19H2,1-2H3;5H,2-4H2,1H3. The van der Waals surface area contributed by atoms with Crippen molar-refractivity contribution in [3.8, 4) is 0 Å². The summed E-state index contributed by atoms with van der Waals surface area (Å²) in [6.07, 6.45) is 26.0. The number of rotatable bonds is 17. The van der Waals surface area contributed by atoms with Gasteiger partial charge in [-0.15, -0.1) is 0 Å². The molecule has 0 aromatic heterocycles. The van der Waals surface area contributed by atoms with Gasteiger partial charge >= 0.3 is 0 Å². The molecule has 0 aromatic rings. The zero-order valence-electron chi connectivity index (χ0n) is 18.5. The van der Waals surface area contributed by atoms with Gasteiger partial charge < -0.3 is 9.47 Å². The van der Waals surface area contributed by atoms with Crippen LogP contribution in [0.1, 0.15) is 129 Å². The average molecular weight is 371 g/mol. The smallest absolute Gasteiger partial charge is 0.0547 e. The zero-order valence-corrected chi connectivity index (χ0v) is 18.5. The van der Waals surface area contributed by atoms with Crippen molar-refractivity contribution in [3.63, 3.8) is 0 Å². The molecule has 0 saturated carbocycles. The Balaban J connectivity index is 0.000000867. The van der Waals surface area contributed by atoms with Crippen molar-refractivity contribution in [2.45, 2.75) is 136 Å². The van der Waals surface area contributed by atoms with Crippen LogP contribution >= 0.6 is 0 Å². The molecule has 1 aliphatic heterocycles. The molecular formula is C24H50O2. The van der Waals surface area contributed by atoms with Crippen LogP contribution in [0.3, 0.4) is 0 Å². The molecule has 1 fully saturated rings. The third-order valence-corrected chi connectivity index (χ3v) is 5.36. The van der Waals surface area contributed by atoms with E-state index in [0.717, 1.165) is 13.2 Å². The molecule has 1 atom stereocenters. The van der Waals surface area contributed by atoms with E-state index < -0.39 is 0 Å². The van der Waals surface area contributed by atoms with Gasteiger partial charge in [0, 0.05) is 20.3 Å². The van der Waals surface area contributed by atoms with Gasteiger partial charge in [-0.3, -0.25) is 0 Å². The van der Waals surface area contributed by atoms with E-state index in [2.05, 4.69) is 13.8 Å². The van der Waals surface area contributed by atoms with E-state index in [9.17, 15) is 0 Å². The molecule has 0 aliphatic carbocycles. The Morgan fingerprint density at radius 3 is 1.38 bits per heavy atom. The number of hydrogen-bond donors (Lipinski definition) is 0. The molecule has 1 unspecified atom stereocenters. The minimum atomic E-state index is 0.546. The van der Waals surface area contributed by atoms with Gasteiger partial charge in [-0.05, 0) is 26.2 Å². The lowest BCUT2D eigenvalue weighted by atomic mass is 10.0. The van der Waals surface area contributed by atoms with Crippen LogP contribution in [-0.4, -0.2) is 26.4 Å². The Bertz CT molecular complexity index is 218. The van der Waals surface area contributed by atoms with Crippen molar-refractivity contribution in [1.29, 1.82) is 0 Å². The second-order valence-electron chi connectivity index (χ2n) is 8.12. The molecule has 2 heteroatoms. The number of ether oxygens (including phenoxy) is 2. The van der Waals surface area contributed by atoms with Crippen LogP contribution in [0.5, 0.6) is 0 Å². The zero-order chi connectivity index (χ0) is 19.1. The molecule has 0 N–H and O–H groups in total. The summed E-state index contributed by atoms with van der Waals surface area (Å²) in [6, 6.07) is 0. The lowest BCUT2D eigenvalue weighted by Crippen LogP contribution is -1.94. The van der Waals surface area contributed by atoms with Gasteiger partial charge in [0.25, 0.3) is 0 Å². The number of methoxy groups -OCH3 is 1. The van der Waals surface area contributed by atoms with E-state index in [1.165, 1.54) is 116 Å². The predicted octanol–water partition coefficient (Wildman–Crippen LogP) is 8.08. The third-order valence-electron chi connectivity index (χ3n) is 5.36. The largest absolute Gasteiger partial charge is 0.385 e. The Kier molecular flexibility index (Phi) is 22.9. The molecule has 1 heterocycles. The Morgan fingerprint density at radius 1 is 0.692 bits per heavy atom. The van der Waals surface area contributed by atoms with E-state index in [1.807, 2.05) is 0 Å². The first-order valence-electron chi connectivity index (χ1n) is 11.9. The number of unbranched alkanes of at least 4 members (excludes halogenated alkanes) is 15. The summed E-state index contributed by atoms with van der Waals surface area (Å²) >= 11 is 0. The molecule has 0 aromatic carbocycles. The van der Waals surface area contributed by atoms with Crippen LogP contribution in [0.4, 0.5) is 0 Å². The normalized spacial score (nSPS) is 16.5. The summed E-state index contributed by atoms with van der Waals surface area (Å²) in [4.78, 5) is 0. The molecule has 0 amide bonds. The van der Waals surface area contributed by atoms with E-state index in [4.69, 9.17) is 9.47 Å². The molecular weight excluding hydrogens is 320 g/mol. The highest BCUT2D eigenvalue weighted by molar-refractivity contribution is 4.56. The minimum Gasteiger partial charge on any atom is -0.385 e. The van der Waals surface area contributed by atoms with Crippen LogP contribution < -0.4 is 0 Å². The van der Waals surface area contributed by atoms with Crippen molar-refractivity contribution in [2.75, 3.05) is 20.3 Å². The molecule has 1 aliphatic rings. The summed E-state index contributed by atoms with van der Waals surface area (Å²) in [5, 5.41) is 0. The molecule has 0 bridgehead atoms. The minimum absolute atomic E-state index is 0.546. The fraction of sp³-hybridized carbons (Fsp3) is 1.00. The quantitative estimate of drug-likeness (QED) is 0.241. The van der Waals surface area contributed by atoms with E-state index >= 15 is 0 Å². The lowest BCUT2D eigenvalue weighted by Gasteiger charge is -2.03. The van der Waals surface area contributed by atoms with Gasteiger partial charge in [0.2, 0.25) is 0 Å². The Hall–Kier alpha value is -0.0800. The van der Waals surface area contributed by atoms with Gasteiger partial charge in [-0.25, -0.2) is 0 Å². The van der Waals surface area contributed by atoms with E-state index in [-0.39, 0.29) is 0 Å². The highest BCUT2D eigenvalue weighted by atomic mass is 16.5. The van der Waals surface area contributed by atoms with Crippen LogP contribution in [0.2, 0.25) is 0 Å². The summed E-state index contributed by atoms with van der Waals surface area (Å²) in [5.41, 5.74) is 0. The first-order valence-corrected chi connectivity index (χ1v) is 11.9. The van der Waals surface area contributed by atoms with Gasteiger partial charge in [-0.1, -0.05) is 103 Å². The second kappa shape index (κ2) is 23.0. The van der Waals surface area contributed by atoms with Gasteiger partial charge in [-0.2, -0.15) is 0 Å². The summed E-state index contributed by atoms with van der Waals surface area (Å²) in [7, 11) is 1.80. The van der Waals surface area contributed by atoms with Crippen molar-refractivity contribution in [2.24, 2.45) is 0 Å². The Labute approximate surface area is 165 Å². The van der Waals surface area contributed by atoms with E-state index in [1.54, 1.807) is 7.11 Å². The van der Waals surface area contributed by atoms with Crippen LogP contribution in [0.25, 0.3) is 0 Å². The van der Waals surface area contributed by atoms with Crippen LogP contribution in [0, 0.1) is 0 Å². The number of hydrogen-bond acceptors (Lipinski definition) is 2. The monoisotopic (exact) mass is 370 g/mol. The Morgan fingerprint density at radius 2 is 1.12 bits per heavy atom. The van der Waals surface area contributed by atoms with Crippen LogP contribution in [-0.2, 0) is 9.47 Å². The van der Waals surface area contributed by atoms with E-state index in [0.29, 0.717) is 6.10 Å². The van der Waals surface area contributed by atoms with Crippen molar-refractivity contribution in [1.82, 2.24) is 0 Å². The van der Waals surface area contributed by atoms with Gasteiger partial charge in [0.15, 0.2) is 0 Å². The highest BCUT2D eigenvalue weighted by Gasteiger charge is 2.07. The maximum Gasteiger partial charge on any atom is 0.0547 e. The molecule has 1 saturated heterocycles.